The summed E-state index contributed by atoms with van der Waals surface area (Å²) in [7, 11) is 1.90. The molecule has 0 saturated heterocycles. The highest BCUT2D eigenvalue weighted by Crippen LogP contribution is 2.17. The Kier molecular flexibility index (Phi) is 1.65. The van der Waals surface area contributed by atoms with E-state index in [1.165, 1.54) is 0 Å². The summed E-state index contributed by atoms with van der Waals surface area (Å²) in [6, 6.07) is 3.95. The van der Waals surface area contributed by atoms with Crippen molar-refractivity contribution in [2.45, 2.75) is 6.92 Å². The lowest BCUT2D eigenvalue weighted by Gasteiger charge is -1.92. The Morgan fingerprint density at radius 1 is 1.42 bits per heavy atom. The van der Waals surface area contributed by atoms with Crippen LogP contribution < -0.4 is 0 Å². The average Bonchev–Trinajstić information content (AvgIpc) is 2.28. The van der Waals surface area contributed by atoms with Gasteiger partial charge < -0.3 is 0 Å². The van der Waals surface area contributed by atoms with Crippen molar-refractivity contribution >= 4 is 27.0 Å². The van der Waals surface area contributed by atoms with Gasteiger partial charge in [-0.15, -0.1) is 0 Å². The first-order chi connectivity index (χ1) is 5.68. The number of pyridine rings is 1. The number of rotatable bonds is 0. The summed E-state index contributed by atoms with van der Waals surface area (Å²) in [6.45, 7) is 1.98. The van der Waals surface area contributed by atoms with Gasteiger partial charge in [0.15, 0.2) is 5.65 Å². The van der Waals surface area contributed by atoms with Gasteiger partial charge >= 0.3 is 0 Å². The van der Waals surface area contributed by atoms with Gasteiger partial charge in [0.05, 0.1) is 5.69 Å². The van der Waals surface area contributed by atoms with Crippen LogP contribution in [0.4, 0.5) is 0 Å². The molecule has 0 aromatic carbocycles. The summed E-state index contributed by atoms with van der Waals surface area (Å²) in [4.78, 5) is 4.31. The zero-order valence-corrected chi connectivity index (χ0v) is 8.46. The molecule has 0 amide bonds. The van der Waals surface area contributed by atoms with E-state index in [1.807, 2.05) is 26.1 Å². The number of hydrogen-bond acceptors (Lipinski definition) is 2. The molecule has 2 heterocycles. The van der Waals surface area contributed by atoms with Gasteiger partial charge in [0.1, 0.15) is 4.60 Å². The number of fused-ring (bicyclic) bond motifs is 1. The van der Waals surface area contributed by atoms with Crippen LogP contribution >= 0.6 is 15.9 Å². The molecule has 2 aromatic rings. The van der Waals surface area contributed by atoms with Crippen LogP contribution in [0.15, 0.2) is 16.7 Å². The SMILES string of the molecule is Cc1nn(C)c2nc(Br)ccc12. The first kappa shape index (κ1) is 7.73. The monoisotopic (exact) mass is 225 g/mol. The Morgan fingerprint density at radius 2 is 2.17 bits per heavy atom. The van der Waals surface area contributed by atoms with Gasteiger partial charge in [-0.1, -0.05) is 0 Å². The highest BCUT2D eigenvalue weighted by Gasteiger charge is 2.04. The van der Waals surface area contributed by atoms with Gasteiger partial charge in [-0.3, -0.25) is 4.68 Å². The van der Waals surface area contributed by atoms with Gasteiger partial charge in [0.25, 0.3) is 0 Å². The van der Waals surface area contributed by atoms with Crippen molar-refractivity contribution in [1.82, 2.24) is 14.8 Å². The van der Waals surface area contributed by atoms with Crippen molar-refractivity contribution in [1.29, 1.82) is 0 Å². The molecular weight excluding hydrogens is 218 g/mol. The van der Waals surface area contributed by atoms with E-state index in [0.717, 1.165) is 21.3 Å². The highest BCUT2D eigenvalue weighted by atomic mass is 79.9. The minimum absolute atomic E-state index is 0.845. The Labute approximate surface area is 78.5 Å². The average molecular weight is 226 g/mol. The molecule has 0 saturated carbocycles. The number of hydrogen-bond donors (Lipinski definition) is 0. The third-order valence-corrected chi connectivity index (χ3v) is 2.28. The molecule has 2 aromatic heterocycles. The van der Waals surface area contributed by atoms with Gasteiger partial charge in [-0.25, -0.2) is 4.98 Å². The topological polar surface area (TPSA) is 30.7 Å². The first-order valence-corrected chi connectivity index (χ1v) is 4.43. The van der Waals surface area contributed by atoms with Crippen molar-refractivity contribution in [2.24, 2.45) is 7.05 Å². The zero-order chi connectivity index (χ0) is 8.72. The fraction of sp³-hybridized carbons (Fsp3) is 0.250. The van der Waals surface area contributed by atoms with Crippen LogP contribution in [-0.4, -0.2) is 14.8 Å². The maximum atomic E-state index is 4.31. The highest BCUT2D eigenvalue weighted by molar-refractivity contribution is 9.10. The van der Waals surface area contributed by atoms with E-state index in [2.05, 4.69) is 26.0 Å². The van der Waals surface area contributed by atoms with Crippen LogP contribution in [-0.2, 0) is 7.05 Å². The Bertz CT molecular complexity index is 433. The number of aryl methyl sites for hydroxylation is 2. The summed E-state index contributed by atoms with van der Waals surface area (Å²) >= 11 is 3.32. The van der Waals surface area contributed by atoms with Crippen LogP contribution in [0.25, 0.3) is 11.0 Å². The lowest BCUT2D eigenvalue weighted by atomic mass is 10.3. The van der Waals surface area contributed by atoms with E-state index in [-0.39, 0.29) is 0 Å². The Balaban J connectivity index is 2.90. The summed E-state index contributed by atoms with van der Waals surface area (Å²) in [5.41, 5.74) is 1.94. The van der Waals surface area contributed by atoms with E-state index in [4.69, 9.17) is 0 Å². The summed E-state index contributed by atoms with van der Waals surface area (Å²) in [5, 5.41) is 5.38. The molecule has 0 aliphatic rings. The lowest BCUT2D eigenvalue weighted by molar-refractivity contribution is 0.773. The van der Waals surface area contributed by atoms with Crippen LogP contribution in [0.2, 0.25) is 0 Å². The van der Waals surface area contributed by atoms with E-state index in [1.54, 1.807) is 4.68 Å². The van der Waals surface area contributed by atoms with Crippen molar-refractivity contribution in [3.05, 3.63) is 22.4 Å². The predicted octanol–water partition coefficient (Wildman–Crippen LogP) is 2.04. The second-order valence-corrected chi connectivity index (χ2v) is 3.53. The van der Waals surface area contributed by atoms with Crippen molar-refractivity contribution < 1.29 is 0 Å². The van der Waals surface area contributed by atoms with Crippen LogP contribution in [0, 0.1) is 6.92 Å². The smallest absolute Gasteiger partial charge is 0.159 e. The van der Waals surface area contributed by atoms with E-state index < -0.39 is 0 Å². The second kappa shape index (κ2) is 2.55. The molecule has 0 fully saturated rings. The summed E-state index contributed by atoms with van der Waals surface area (Å²) < 4.78 is 2.63. The number of halogens is 1. The molecular formula is C8H8BrN3. The molecule has 0 aliphatic heterocycles. The summed E-state index contributed by atoms with van der Waals surface area (Å²) in [5.74, 6) is 0. The van der Waals surface area contributed by atoms with Crippen molar-refractivity contribution in [3.63, 3.8) is 0 Å². The quantitative estimate of drug-likeness (QED) is 0.643. The third-order valence-electron chi connectivity index (χ3n) is 1.84. The number of nitrogens with zero attached hydrogens (tertiary/aromatic N) is 3. The molecule has 3 nitrogen and oxygen atoms in total. The standard InChI is InChI=1S/C8H8BrN3/c1-5-6-3-4-7(9)10-8(6)12(2)11-5/h3-4H,1-2H3. The van der Waals surface area contributed by atoms with Crippen LogP contribution in [0.3, 0.4) is 0 Å². The second-order valence-electron chi connectivity index (χ2n) is 2.71. The molecule has 0 N–H and O–H groups in total. The maximum Gasteiger partial charge on any atom is 0.159 e. The number of aromatic nitrogens is 3. The van der Waals surface area contributed by atoms with Gasteiger partial charge in [0.2, 0.25) is 0 Å². The van der Waals surface area contributed by atoms with E-state index in [0.29, 0.717) is 0 Å². The normalized spacial score (nSPS) is 10.9. The molecule has 0 spiro atoms. The fourth-order valence-electron chi connectivity index (χ4n) is 1.28. The van der Waals surface area contributed by atoms with E-state index in [9.17, 15) is 0 Å². The minimum atomic E-state index is 0.845. The maximum absolute atomic E-state index is 4.31. The van der Waals surface area contributed by atoms with Crippen molar-refractivity contribution in [2.75, 3.05) is 0 Å². The molecule has 0 unspecified atom stereocenters. The first-order valence-electron chi connectivity index (χ1n) is 3.64. The molecule has 0 bridgehead atoms. The molecule has 12 heavy (non-hydrogen) atoms. The van der Waals surface area contributed by atoms with E-state index >= 15 is 0 Å². The van der Waals surface area contributed by atoms with Crippen molar-refractivity contribution in [3.8, 4) is 0 Å². The molecule has 4 heteroatoms. The van der Waals surface area contributed by atoms with Crippen LogP contribution in [0.5, 0.6) is 0 Å². The molecule has 2 rings (SSSR count). The molecule has 0 atom stereocenters. The lowest BCUT2D eigenvalue weighted by Crippen LogP contribution is -1.91. The Hall–Kier alpha value is -0.900. The Morgan fingerprint density at radius 3 is 2.92 bits per heavy atom. The zero-order valence-electron chi connectivity index (χ0n) is 6.87. The van der Waals surface area contributed by atoms with Crippen LogP contribution in [0.1, 0.15) is 5.69 Å². The van der Waals surface area contributed by atoms with Gasteiger partial charge in [0, 0.05) is 12.4 Å². The predicted molar refractivity (Wildman–Crippen MR) is 50.9 cm³/mol. The van der Waals surface area contributed by atoms with Gasteiger partial charge in [-0.05, 0) is 35.0 Å². The third kappa shape index (κ3) is 1.03. The summed E-state index contributed by atoms with van der Waals surface area (Å²) in [6.07, 6.45) is 0. The minimum Gasteiger partial charge on any atom is -0.250 e. The molecule has 0 radical (unpaired) electrons. The van der Waals surface area contributed by atoms with Gasteiger partial charge in [-0.2, -0.15) is 5.10 Å². The fourth-order valence-corrected chi connectivity index (χ4v) is 1.58. The molecule has 62 valence electrons. The molecule has 0 aliphatic carbocycles. The largest absolute Gasteiger partial charge is 0.250 e.